The summed E-state index contributed by atoms with van der Waals surface area (Å²) in [6.45, 7) is 2.04. The molecule has 1 aromatic heterocycles. The minimum atomic E-state index is -1.10. The Hall–Kier alpha value is -3.72. The minimum Gasteiger partial charge on any atom is -0.476 e. The summed E-state index contributed by atoms with van der Waals surface area (Å²) in [4.78, 5) is 38.9. The van der Waals surface area contributed by atoms with Crippen LogP contribution in [0.1, 0.15) is 71.4 Å². The molecule has 1 aliphatic carbocycles. The summed E-state index contributed by atoms with van der Waals surface area (Å²) in [7, 11) is 0. The largest absolute Gasteiger partial charge is 0.476 e. The highest BCUT2D eigenvalue weighted by atomic mass is 16.4. The maximum atomic E-state index is 12.8. The van der Waals surface area contributed by atoms with Gasteiger partial charge in [0.1, 0.15) is 0 Å². The van der Waals surface area contributed by atoms with E-state index in [4.69, 9.17) is 5.73 Å². The van der Waals surface area contributed by atoms with Crippen LogP contribution in [-0.4, -0.2) is 56.7 Å². The number of hydrogen-bond acceptors (Lipinski definition) is 5. The van der Waals surface area contributed by atoms with E-state index in [0.29, 0.717) is 34.7 Å². The predicted molar refractivity (Wildman–Crippen MR) is 140 cm³/mol. The van der Waals surface area contributed by atoms with Crippen LogP contribution in [0.25, 0.3) is 16.6 Å². The number of carbonyl (C=O) groups is 3. The van der Waals surface area contributed by atoms with Gasteiger partial charge >= 0.3 is 5.97 Å². The zero-order chi connectivity index (χ0) is 25.9. The Balaban J connectivity index is 1.36. The van der Waals surface area contributed by atoms with Gasteiger partial charge in [0.15, 0.2) is 5.69 Å². The molecule has 3 aromatic rings. The number of carboxylic acid groups (broad SMARTS) is 1. The van der Waals surface area contributed by atoms with E-state index < -0.39 is 11.9 Å². The average Bonchev–Trinajstić information content (AvgIpc) is 3.29. The number of aromatic nitrogens is 2. The van der Waals surface area contributed by atoms with Crippen molar-refractivity contribution in [2.75, 3.05) is 13.1 Å². The van der Waals surface area contributed by atoms with Gasteiger partial charge in [-0.3, -0.25) is 14.5 Å². The summed E-state index contributed by atoms with van der Waals surface area (Å²) in [5.41, 5.74) is 8.13. The molecule has 2 aliphatic rings. The van der Waals surface area contributed by atoms with E-state index in [0.717, 1.165) is 44.3 Å². The molecular formula is C28H33N5O4. The normalized spacial score (nSPS) is 17.6. The lowest BCUT2D eigenvalue weighted by Crippen LogP contribution is -2.44. The first kappa shape index (κ1) is 25.0. The van der Waals surface area contributed by atoms with Crippen LogP contribution in [0.5, 0.6) is 0 Å². The lowest BCUT2D eigenvalue weighted by Gasteiger charge is -2.33. The third-order valence-electron chi connectivity index (χ3n) is 7.69. The number of nitrogens with two attached hydrogens (primary N) is 1. The van der Waals surface area contributed by atoms with E-state index in [1.54, 1.807) is 35.0 Å². The molecule has 9 heteroatoms. The summed E-state index contributed by atoms with van der Waals surface area (Å²) in [6.07, 6.45) is 7.35. The molecule has 0 bridgehead atoms. The molecule has 0 spiro atoms. The Bertz CT molecular complexity index is 1320. The highest BCUT2D eigenvalue weighted by molar-refractivity contribution is 6.01. The molecule has 1 saturated carbocycles. The van der Waals surface area contributed by atoms with Gasteiger partial charge in [-0.2, -0.15) is 5.10 Å². The number of rotatable bonds is 7. The van der Waals surface area contributed by atoms with Gasteiger partial charge in [0.2, 0.25) is 11.8 Å². The molecule has 2 fully saturated rings. The van der Waals surface area contributed by atoms with Gasteiger partial charge in [0, 0.05) is 29.5 Å². The number of primary amides is 1. The molecule has 2 heterocycles. The highest BCUT2D eigenvalue weighted by Crippen LogP contribution is 2.28. The maximum absolute atomic E-state index is 12.8. The van der Waals surface area contributed by atoms with Gasteiger partial charge in [-0.1, -0.05) is 37.5 Å². The first-order valence-electron chi connectivity index (χ1n) is 13.1. The van der Waals surface area contributed by atoms with E-state index in [1.165, 1.54) is 19.3 Å². The molecule has 1 saturated heterocycles. The van der Waals surface area contributed by atoms with E-state index >= 15 is 0 Å². The number of benzene rings is 2. The summed E-state index contributed by atoms with van der Waals surface area (Å²) in [5.74, 6) is -1.43. The number of aromatic carboxylic acids is 1. The monoisotopic (exact) mass is 503 g/mol. The van der Waals surface area contributed by atoms with Crippen molar-refractivity contribution in [3.8, 4) is 5.69 Å². The molecular weight excluding hydrogens is 470 g/mol. The van der Waals surface area contributed by atoms with E-state index in [-0.39, 0.29) is 17.5 Å². The molecule has 4 N–H and O–H groups in total. The summed E-state index contributed by atoms with van der Waals surface area (Å²) in [5, 5.41) is 17.9. The maximum Gasteiger partial charge on any atom is 0.357 e. The van der Waals surface area contributed by atoms with Crippen molar-refractivity contribution in [3.05, 3.63) is 59.3 Å². The molecule has 0 unspecified atom stereocenters. The number of hydrogen-bond donors (Lipinski definition) is 3. The summed E-state index contributed by atoms with van der Waals surface area (Å²) in [6, 6.07) is 12.7. The quantitative estimate of drug-likeness (QED) is 0.452. The van der Waals surface area contributed by atoms with E-state index in [2.05, 4.69) is 15.3 Å². The Morgan fingerprint density at radius 2 is 1.73 bits per heavy atom. The molecule has 0 radical (unpaired) electrons. The second kappa shape index (κ2) is 10.7. The number of nitrogens with zero attached hydrogens (tertiary/aromatic N) is 3. The van der Waals surface area contributed by atoms with Crippen molar-refractivity contribution in [2.45, 2.75) is 57.5 Å². The summed E-state index contributed by atoms with van der Waals surface area (Å²) < 4.78 is 1.63. The molecule has 1 aliphatic heterocycles. The SMILES string of the molecule is NC(=O)c1ccc(-n2nc(C(=O)O)c3ccccc32)c(CN2CCC(C(=O)NC3CCCCC3)CC2)c1. The molecule has 2 aromatic carbocycles. The number of fused-ring (bicyclic) bond motifs is 1. The van der Waals surface area contributed by atoms with Crippen molar-refractivity contribution >= 4 is 28.7 Å². The van der Waals surface area contributed by atoms with Crippen LogP contribution in [0.4, 0.5) is 0 Å². The van der Waals surface area contributed by atoms with Crippen LogP contribution in [-0.2, 0) is 11.3 Å². The van der Waals surface area contributed by atoms with Gasteiger partial charge in [0.25, 0.3) is 0 Å². The second-order valence-electron chi connectivity index (χ2n) is 10.2. The fourth-order valence-corrected chi connectivity index (χ4v) is 5.64. The Kier molecular flexibility index (Phi) is 7.23. The van der Waals surface area contributed by atoms with Crippen molar-refractivity contribution < 1.29 is 19.5 Å². The third-order valence-corrected chi connectivity index (χ3v) is 7.69. The van der Waals surface area contributed by atoms with Crippen LogP contribution >= 0.6 is 0 Å². The number of amides is 2. The standard InChI is InChI=1S/C28H33N5O4/c29-26(34)19-10-11-23(33-24-9-5-4-8-22(24)25(31-33)28(36)37)20(16-19)17-32-14-12-18(13-15-32)27(35)30-21-6-2-1-3-7-21/h4-5,8-11,16,18,21H,1-3,6-7,12-15,17H2,(H2,29,34)(H,30,35)(H,36,37). The number of carboxylic acids is 1. The highest BCUT2D eigenvalue weighted by Gasteiger charge is 2.28. The first-order chi connectivity index (χ1) is 17.9. The summed E-state index contributed by atoms with van der Waals surface area (Å²) >= 11 is 0. The van der Waals surface area contributed by atoms with Gasteiger partial charge in [-0.05, 0) is 68.6 Å². The number of likely N-dealkylation sites (tertiary alicyclic amines) is 1. The van der Waals surface area contributed by atoms with Crippen molar-refractivity contribution in [2.24, 2.45) is 11.7 Å². The van der Waals surface area contributed by atoms with Gasteiger partial charge in [-0.15, -0.1) is 0 Å². The van der Waals surface area contributed by atoms with Crippen LogP contribution in [0.15, 0.2) is 42.5 Å². The smallest absolute Gasteiger partial charge is 0.357 e. The van der Waals surface area contributed by atoms with Crippen molar-refractivity contribution in [3.63, 3.8) is 0 Å². The first-order valence-corrected chi connectivity index (χ1v) is 13.1. The average molecular weight is 504 g/mol. The molecule has 194 valence electrons. The lowest BCUT2D eigenvalue weighted by atomic mass is 9.92. The topological polar surface area (TPSA) is 131 Å². The number of piperidine rings is 1. The number of nitrogens with one attached hydrogen (secondary N) is 1. The van der Waals surface area contributed by atoms with Crippen LogP contribution in [0, 0.1) is 5.92 Å². The fraction of sp³-hybridized carbons (Fsp3) is 0.429. The van der Waals surface area contributed by atoms with E-state index in [9.17, 15) is 19.5 Å². The Morgan fingerprint density at radius 3 is 2.43 bits per heavy atom. The zero-order valence-corrected chi connectivity index (χ0v) is 20.9. The van der Waals surface area contributed by atoms with Gasteiger partial charge < -0.3 is 16.2 Å². The zero-order valence-electron chi connectivity index (χ0n) is 20.9. The van der Waals surface area contributed by atoms with Crippen molar-refractivity contribution in [1.29, 1.82) is 0 Å². The van der Waals surface area contributed by atoms with Crippen molar-refractivity contribution in [1.82, 2.24) is 20.0 Å². The second-order valence-corrected chi connectivity index (χ2v) is 10.2. The van der Waals surface area contributed by atoms with Crippen LogP contribution in [0.3, 0.4) is 0 Å². The molecule has 0 atom stereocenters. The molecule has 5 rings (SSSR count). The minimum absolute atomic E-state index is 0.0165. The van der Waals surface area contributed by atoms with Gasteiger partial charge in [-0.25, -0.2) is 9.48 Å². The Morgan fingerprint density at radius 1 is 1.00 bits per heavy atom. The van der Waals surface area contributed by atoms with Gasteiger partial charge in [0.05, 0.1) is 11.2 Å². The fourth-order valence-electron chi connectivity index (χ4n) is 5.64. The van der Waals surface area contributed by atoms with Crippen LogP contribution in [0.2, 0.25) is 0 Å². The predicted octanol–water partition coefficient (Wildman–Crippen LogP) is 3.48. The van der Waals surface area contributed by atoms with Crippen LogP contribution < -0.4 is 11.1 Å². The molecule has 2 amide bonds. The third kappa shape index (κ3) is 5.36. The number of para-hydroxylation sites is 1. The number of carbonyl (C=O) groups excluding carboxylic acids is 2. The van der Waals surface area contributed by atoms with E-state index in [1.807, 2.05) is 12.1 Å². The molecule has 9 nitrogen and oxygen atoms in total. The lowest BCUT2D eigenvalue weighted by molar-refractivity contribution is -0.127. The molecule has 37 heavy (non-hydrogen) atoms. The Labute approximate surface area is 215 Å².